The van der Waals surface area contributed by atoms with Crippen molar-refractivity contribution in [2.45, 2.75) is 25.0 Å². The summed E-state index contributed by atoms with van der Waals surface area (Å²) in [5.74, 6) is 0.920. The van der Waals surface area contributed by atoms with E-state index < -0.39 is 0 Å². The topological polar surface area (TPSA) is 44.8 Å². The van der Waals surface area contributed by atoms with Crippen molar-refractivity contribution < 1.29 is 9.53 Å². The number of para-hydroxylation sites is 1. The van der Waals surface area contributed by atoms with Crippen molar-refractivity contribution in [3.63, 3.8) is 0 Å². The number of benzene rings is 2. The van der Waals surface area contributed by atoms with Crippen molar-refractivity contribution in [1.82, 2.24) is 10.3 Å². The highest BCUT2D eigenvalue weighted by Crippen LogP contribution is 2.37. The van der Waals surface area contributed by atoms with Crippen LogP contribution in [0.4, 0.5) is 5.69 Å². The van der Waals surface area contributed by atoms with Gasteiger partial charge in [-0.2, -0.15) is 0 Å². The summed E-state index contributed by atoms with van der Waals surface area (Å²) in [6.07, 6.45) is 1.96. The lowest BCUT2D eigenvalue weighted by Crippen LogP contribution is -2.62. The van der Waals surface area contributed by atoms with Crippen molar-refractivity contribution in [2.24, 2.45) is 0 Å². The van der Waals surface area contributed by atoms with Gasteiger partial charge in [-0.3, -0.25) is 20.1 Å². The first-order valence-electron chi connectivity index (χ1n) is 8.32. The SMILES string of the molecule is COc1ccc(C2N(c3ccccc3)NC(=O)[C@H]3CCCN23)cc1. The number of ether oxygens (including phenoxy) is 1. The van der Waals surface area contributed by atoms with Crippen LogP contribution in [0.2, 0.25) is 0 Å². The van der Waals surface area contributed by atoms with Crippen molar-refractivity contribution in [1.29, 1.82) is 0 Å². The molecule has 2 saturated heterocycles. The molecule has 124 valence electrons. The minimum absolute atomic E-state index is 0.0106. The van der Waals surface area contributed by atoms with E-state index in [-0.39, 0.29) is 18.1 Å². The van der Waals surface area contributed by atoms with E-state index in [1.165, 1.54) is 0 Å². The first kappa shape index (κ1) is 15.0. The van der Waals surface area contributed by atoms with Gasteiger partial charge in [-0.05, 0) is 42.7 Å². The fourth-order valence-corrected chi connectivity index (χ4v) is 3.68. The van der Waals surface area contributed by atoms with Crippen molar-refractivity contribution in [3.8, 4) is 5.75 Å². The van der Waals surface area contributed by atoms with Gasteiger partial charge < -0.3 is 4.74 Å². The normalized spacial score (nSPS) is 23.7. The number of fused-ring (bicyclic) bond motifs is 1. The van der Waals surface area contributed by atoms with Crippen LogP contribution in [-0.4, -0.2) is 30.5 Å². The maximum absolute atomic E-state index is 12.5. The van der Waals surface area contributed by atoms with Crippen LogP contribution in [0, 0.1) is 0 Å². The van der Waals surface area contributed by atoms with Crippen LogP contribution < -0.4 is 15.2 Å². The van der Waals surface area contributed by atoms with Gasteiger partial charge in [0.1, 0.15) is 11.9 Å². The second-order valence-electron chi connectivity index (χ2n) is 6.22. The third-order valence-corrected chi connectivity index (χ3v) is 4.83. The Bertz CT molecular complexity index is 717. The maximum atomic E-state index is 12.5. The number of carbonyl (C=O) groups excluding carboxylic acids is 1. The summed E-state index contributed by atoms with van der Waals surface area (Å²) in [4.78, 5) is 14.8. The zero-order valence-corrected chi connectivity index (χ0v) is 13.7. The highest BCUT2D eigenvalue weighted by atomic mass is 16.5. The molecule has 0 bridgehead atoms. The number of nitrogens with one attached hydrogen (secondary N) is 1. The summed E-state index contributed by atoms with van der Waals surface area (Å²) in [7, 11) is 1.67. The largest absolute Gasteiger partial charge is 0.497 e. The van der Waals surface area contributed by atoms with Crippen LogP contribution in [0.5, 0.6) is 5.75 Å². The number of methoxy groups -OCH3 is 1. The summed E-state index contributed by atoms with van der Waals surface area (Å²) in [6, 6.07) is 18.1. The van der Waals surface area contributed by atoms with Crippen molar-refractivity contribution in [3.05, 3.63) is 60.2 Å². The molecule has 2 aromatic rings. The van der Waals surface area contributed by atoms with E-state index in [1.54, 1.807) is 7.11 Å². The average Bonchev–Trinajstić information content (AvgIpc) is 3.13. The molecule has 1 unspecified atom stereocenters. The number of amides is 1. The Balaban J connectivity index is 1.76. The van der Waals surface area contributed by atoms with Crippen LogP contribution >= 0.6 is 0 Å². The Morgan fingerprint density at radius 1 is 1.08 bits per heavy atom. The summed E-state index contributed by atoms with van der Waals surface area (Å²) in [5, 5.41) is 1.98. The molecule has 0 radical (unpaired) electrons. The molecule has 5 heteroatoms. The Labute approximate surface area is 141 Å². The molecular formula is C19H21N3O2. The number of hydrogen-bond donors (Lipinski definition) is 1. The van der Waals surface area contributed by atoms with Gasteiger partial charge in [0.05, 0.1) is 18.8 Å². The van der Waals surface area contributed by atoms with Crippen molar-refractivity contribution >= 4 is 11.6 Å². The lowest BCUT2D eigenvalue weighted by Gasteiger charge is -2.46. The van der Waals surface area contributed by atoms with E-state index >= 15 is 0 Å². The van der Waals surface area contributed by atoms with Gasteiger partial charge in [-0.25, -0.2) is 0 Å². The monoisotopic (exact) mass is 323 g/mol. The molecule has 2 aliphatic heterocycles. The van der Waals surface area contributed by atoms with Gasteiger partial charge in [0.25, 0.3) is 5.91 Å². The van der Waals surface area contributed by atoms with Gasteiger partial charge in [0, 0.05) is 6.54 Å². The van der Waals surface area contributed by atoms with Crippen molar-refractivity contribution in [2.75, 3.05) is 18.7 Å². The maximum Gasteiger partial charge on any atom is 0.255 e. The number of nitrogens with zero attached hydrogens (tertiary/aromatic N) is 2. The minimum atomic E-state index is -0.0444. The van der Waals surface area contributed by atoms with E-state index in [1.807, 2.05) is 47.5 Å². The predicted octanol–water partition coefficient (Wildman–Crippen LogP) is 2.71. The van der Waals surface area contributed by atoms with Gasteiger partial charge >= 0.3 is 0 Å². The van der Waals surface area contributed by atoms with E-state index in [9.17, 15) is 4.79 Å². The van der Waals surface area contributed by atoms with Gasteiger partial charge in [0.15, 0.2) is 0 Å². The fraction of sp³-hybridized carbons (Fsp3) is 0.316. The molecule has 2 atom stereocenters. The van der Waals surface area contributed by atoms with Crippen LogP contribution in [0.15, 0.2) is 54.6 Å². The number of carbonyl (C=O) groups is 1. The third kappa shape index (κ3) is 2.51. The molecule has 4 rings (SSSR count). The fourth-order valence-electron chi connectivity index (χ4n) is 3.68. The summed E-state index contributed by atoms with van der Waals surface area (Å²) in [5.41, 5.74) is 5.23. The van der Waals surface area contributed by atoms with Gasteiger partial charge in [0.2, 0.25) is 0 Å². The minimum Gasteiger partial charge on any atom is -0.497 e. The van der Waals surface area contributed by atoms with Crippen LogP contribution in [0.1, 0.15) is 24.6 Å². The Kier molecular flexibility index (Phi) is 3.86. The highest BCUT2D eigenvalue weighted by molar-refractivity contribution is 5.85. The zero-order chi connectivity index (χ0) is 16.5. The van der Waals surface area contributed by atoms with Crippen LogP contribution in [-0.2, 0) is 4.79 Å². The molecule has 5 nitrogen and oxygen atoms in total. The first-order valence-corrected chi connectivity index (χ1v) is 8.32. The van der Waals surface area contributed by atoms with E-state index in [0.717, 1.165) is 36.4 Å². The highest BCUT2D eigenvalue weighted by Gasteiger charge is 2.44. The van der Waals surface area contributed by atoms with Crippen LogP contribution in [0.3, 0.4) is 0 Å². The second-order valence-corrected chi connectivity index (χ2v) is 6.22. The molecule has 0 saturated carbocycles. The summed E-state index contributed by atoms with van der Waals surface area (Å²) in [6.45, 7) is 0.929. The molecule has 1 N–H and O–H groups in total. The Morgan fingerprint density at radius 3 is 2.54 bits per heavy atom. The number of hydrazine groups is 1. The molecule has 2 aromatic carbocycles. The van der Waals surface area contributed by atoms with Gasteiger partial charge in [-0.1, -0.05) is 30.3 Å². The lowest BCUT2D eigenvalue weighted by atomic mass is 10.1. The summed E-state index contributed by atoms with van der Waals surface area (Å²) < 4.78 is 5.27. The van der Waals surface area contributed by atoms with Crippen LogP contribution in [0.25, 0.3) is 0 Å². The number of hydrogen-bond acceptors (Lipinski definition) is 4. The molecule has 2 fully saturated rings. The van der Waals surface area contributed by atoms with E-state index in [2.05, 4.69) is 22.5 Å². The number of anilines is 1. The smallest absolute Gasteiger partial charge is 0.255 e. The molecule has 0 spiro atoms. The second kappa shape index (κ2) is 6.17. The predicted molar refractivity (Wildman–Crippen MR) is 92.5 cm³/mol. The standard InChI is InChI=1S/C19H21N3O2/c1-24-16-11-9-14(10-12-16)19-21-13-5-8-17(21)18(23)20-22(19)15-6-3-2-4-7-15/h2-4,6-7,9-12,17,19H,5,8,13H2,1H3,(H,20,23)/t17-,19?/m1/s1. The molecule has 2 aliphatic rings. The third-order valence-electron chi connectivity index (χ3n) is 4.83. The molecule has 2 heterocycles. The van der Waals surface area contributed by atoms with Gasteiger partial charge in [-0.15, -0.1) is 0 Å². The first-order chi connectivity index (χ1) is 11.8. The van der Waals surface area contributed by atoms with E-state index in [4.69, 9.17) is 4.74 Å². The summed E-state index contributed by atoms with van der Waals surface area (Å²) >= 11 is 0. The molecule has 1 amide bonds. The Hall–Kier alpha value is -2.53. The molecular weight excluding hydrogens is 302 g/mol. The Morgan fingerprint density at radius 2 is 1.83 bits per heavy atom. The molecule has 0 aliphatic carbocycles. The zero-order valence-electron chi connectivity index (χ0n) is 13.7. The average molecular weight is 323 g/mol. The number of rotatable bonds is 3. The van der Waals surface area contributed by atoms with E-state index in [0.29, 0.717) is 0 Å². The molecule has 24 heavy (non-hydrogen) atoms. The quantitative estimate of drug-likeness (QED) is 0.943. The lowest BCUT2D eigenvalue weighted by molar-refractivity contribution is -0.130. The molecule has 0 aromatic heterocycles.